The Morgan fingerprint density at radius 2 is 2.21 bits per heavy atom. The van der Waals surface area contributed by atoms with Gasteiger partial charge in [0.15, 0.2) is 0 Å². The van der Waals surface area contributed by atoms with Crippen LogP contribution in [0.1, 0.15) is 23.7 Å². The number of sulfonamides is 1. The minimum Gasteiger partial charge on any atom is -0.372 e. The fraction of sp³-hybridized carbons (Fsp3) is 0.312. The van der Waals surface area contributed by atoms with E-state index in [0.29, 0.717) is 23.6 Å². The molecule has 1 aromatic heterocycles. The summed E-state index contributed by atoms with van der Waals surface area (Å²) in [5, 5.41) is 5.74. The standard InChI is InChI=1S/C16H18ClN3O3S/c1-20-11-13(10-18-20)16-15(6-8-23-16)19-24(21,22)9-7-12-4-2-3-5-14(12)17/h2-5,7,9-11,15-16,19H,6,8H2,1H3/b9-7+/t15-,16+/m0/s1. The van der Waals surface area contributed by atoms with E-state index in [1.54, 1.807) is 35.1 Å². The van der Waals surface area contributed by atoms with Crippen molar-refractivity contribution in [2.24, 2.45) is 7.05 Å². The van der Waals surface area contributed by atoms with Crippen molar-refractivity contribution in [2.45, 2.75) is 18.6 Å². The smallest absolute Gasteiger partial charge is 0.234 e. The van der Waals surface area contributed by atoms with Crippen LogP contribution in [0, 0.1) is 0 Å². The molecule has 0 bridgehead atoms. The minimum atomic E-state index is -3.61. The maximum absolute atomic E-state index is 12.3. The van der Waals surface area contributed by atoms with Gasteiger partial charge in [-0.1, -0.05) is 29.8 Å². The van der Waals surface area contributed by atoms with Crippen molar-refractivity contribution in [3.05, 3.63) is 58.2 Å². The van der Waals surface area contributed by atoms with Gasteiger partial charge in [-0.05, 0) is 24.1 Å². The summed E-state index contributed by atoms with van der Waals surface area (Å²) in [5.74, 6) is 0. The van der Waals surface area contributed by atoms with Gasteiger partial charge in [0.1, 0.15) is 6.10 Å². The average molecular weight is 368 g/mol. The normalized spacial score (nSPS) is 21.6. The highest BCUT2D eigenvalue weighted by molar-refractivity contribution is 7.92. The van der Waals surface area contributed by atoms with Gasteiger partial charge >= 0.3 is 0 Å². The molecule has 1 fully saturated rings. The Hall–Kier alpha value is -1.67. The molecule has 24 heavy (non-hydrogen) atoms. The van der Waals surface area contributed by atoms with E-state index in [0.717, 1.165) is 11.0 Å². The van der Waals surface area contributed by atoms with E-state index in [9.17, 15) is 8.42 Å². The number of hydrogen-bond donors (Lipinski definition) is 1. The molecule has 1 saturated heterocycles. The molecule has 1 aliphatic heterocycles. The van der Waals surface area contributed by atoms with Crippen LogP contribution >= 0.6 is 11.6 Å². The molecule has 0 saturated carbocycles. The van der Waals surface area contributed by atoms with E-state index in [1.165, 1.54) is 6.08 Å². The van der Waals surface area contributed by atoms with Crippen molar-refractivity contribution in [1.29, 1.82) is 0 Å². The highest BCUT2D eigenvalue weighted by Crippen LogP contribution is 2.29. The molecule has 0 spiro atoms. The average Bonchev–Trinajstić information content (AvgIpc) is 3.15. The summed E-state index contributed by atoms with van der Waals surface area (Å²) in [6.07, 6.45) is 5.29. The molecule has 1 N–H and O–H groups in total. The number of nitrogens with zero attached hydrogens (tertiary/aromatic N) is 2. The lowest BCUT2D eigenvalue weighted by molar-refractivity contribution is 0.102. The van der Waals surface area contributed by atoms with E-state index in [4.69, 9.17) is 16.3 Å². The summed E-state index contributed by atoms with van der Waals surface area (Å²) in [7, 11) is -1.80. The number of halogens is 1. The molecule has 2 aromatic rings. The van der Waals surface area contributed by atoms with E-state index in [1.807, 2.05) is 13.2 Å². The van der Waals surface area contributed by atoms with Gasteiger partial charge in [0.05, 0.1) is 12.2 Å². The molecule has 6 nitrogen and oxygen atoms in total. The van der Waals surface area contributed by atoms with Crippen LogP contribution in [-0.2, 0) is 21.8 Å². The van der Waals surface area contributed by atoms with Crippen LogP contribution in [0.3, 0.4) is 0 Å². The summed E-state index contributed by atoms with van der Waals surface area (Å²) in [4.78, 5) is 0. The highest BCUT2D eigenvalue weighted by Gasteiger charge is 2.33. The van der Waals surface area contributed by atoms with Crippen LogP contribution in [0.4, 0.5) is 0 Å². The van der Waals surface area contributed by atoms with Crippen molar-refractivity contribution >= 4 is 27.7 Å². The molecule has 0 radical (unpaired) electrons. The molecule has 2 heterocycles. The second kappa shape index (κ2) is 7.06. The largest absolute Gasteiger partial charge is 0.372 e. The van der Waals surface area contributed by atoms with Gasteiger partial charge in [-0.15, -0.1) is 0 Å². The SMILES string of the molecule is Cn1cc([C@H]2OCC[C@@H]2NS(=O)(=O)/C=C/c2ccccc2Cl)cn1. The second-order valence-corrected chi connectivity index (χ2v) is 7.63. The third-order valence-electron chi connectivity index (χ3n) is 3.79. The molecule has 1 aromatic carbocycles. The van der Waals surface area contributed by atoms with Crippen LogP contribution in [0.5, 0.6) is 0 Å². The van der Waals surface area contributed by atoms with Gasteiger partial charge in [0.2, 0.25) is 10.0 Å². The Balaban J connectivity index is 1.73. The summed E-state index contributed by atoms with van der Waals surface area (Å²) < 4.78 is 34.7. The maximum Gasteiger partial charge on any atom is 0.234 e. The highest BCUT2D eigenvalue weighted by atomic mass is 35.5. The molecular weight excluding hydrogens is 350 g/mol. The summed E-state index contributed by atoms with van der Waals surface area (Å²) in [6.45, 7) is 0.501. The summed E-state index contributed by atoms with van der Waals surface area (Å²) >= 11 is 6.03. The second-order valence-electron chi connectivity index (χ2n) is 5.62. The topological polar surface area (TPSA) is 73.2 Å². The molecule has 0 amide bonds. The summed E-state index contributed by atoms with van der Waals surface area (Å²) in [6, 6.07) is 6.74. The first-order chi connectivity index (χ1) is 11.4. The van der Waals surface area contributed by atoms with Gasteiger partial charge < -0.3 is 4.74 Å². The number of aromatic nitrogens is 2. The zero-order valence-electron chi connectivity index (χ0n) is 13.1. The molecule has 3 rings (SSSR count). The van der Waals surface area contributed by atoms with Crippen LogP contribution in [0.15, 0.2) is 42.1 Å². The third kappa shape index (κ3) is 4.05. The first-order valence-corrected chi connectivity index (χ1v) is 9.42. The van der Waals surface area contributed by atoms with Gasteiger partial charge in [-0.3, -0.25) is 4.68 Å². The molecule has 0 unspecified atom stereocenters. The van der Waals surface area contributed by atoms with E-state index in [2.05, 4.69) is 9.82 Å². The van der Waals surface area contributed by atoms with Crippen molar-refractivity contribution in [2.75, 3.05) is 6.61 Å². The van der Waals surface area contributed by atoms with E-state index < -0.39 is 10.0 Å². The first kappa shape index (κ1) is 17.2. The monoisotopic (exact) mass is 367 g/mol. The lowest BCUT2D eigenvalue weighted by Gasteiger charge is -2.17. The third-order valence-corrected chi connectivity index (χ3v) is 5.26. The Labute approximate surface area is 146 Å². The number of nitrogens with one attached hydrogen (secondary N) is 1. The van der Waals surface area contributed by atoms with Crippen molar-refractivity contribution in [3.63, 3.8) is 0 Å². The van der Waals surface area contributed by atoms with Crippen LogP contribution in [0.2, 0.25) is 5.02 Å². The fourth-order valence-corrected chi connectivity index (χ4v) is 3.92. The minimum absolute atomic E-state index is 0.324. The number of rotatable bonds is 5. The quantitative estimate of drug-likeness (QED) is 0.881. The Bertz CT molecular complexity index is 848. The fourth-order valence-electron chi connectivity index (χ4n) is 2.65. The number of ether oxygens (including phenoxy) is 1. The van der Waals surface area contributed by atoms with Crippen molar-refractivity contribution in [1.82, 2.24) is 14.5 Å². The number of hydrogen-bond acceptors (Lipinski definition) is 4. The lowest BCUT2D eigenvalue weighted by Crippen LogP contribution is -2.35. The Morgan fingerprint density at radius 3 is 2.92 bits per heavy atom. The van der Waals surface area contributed by atoms with Gasteiger partial charge in [-0.25, -0.2) is 13.1 Å². The predicted octanol–water partition coefficient (Wildman–Crippen LogP) is 2.49. The van der Waals surface area contributed by atoms with E-state index >= 15 is 0 Å². The van der Waals surface area contributed by atoms with Crippen LogP contribution in [0.25, 0.3) is 6.08 Å². The summed E-state index contributed by atoms with van der Waals surface area (Å²) in [5.41, 5.74) is 1.51. The molecule has 1 aliphatic rings. The zero-order chi connectivity index (χ0) is 17.2. The molecule has 8 heteroatoms. The number of aryl methyl sites for hydroxylation is 1. The van der Waals surface area contributed by atoms with Crippen molar-refractivity contribution < 1.29 is 13.2 Å². The molecular formula is C16H18ClN3O3S. The maximum atomic E-state index is 12.3. The Kier molecular flexibility index (Phi) is 5.05. The van der Waals surface area contributed by atoms with Crippen LogP contribution < -0.4 is 4.72 Å². The zero-order valence-corrected chi connectivity index (χ0v) is 14.7. The molecule has 2 atom stereocenters. The molecule has 0 aliphatic carbocycles. The van der Waals surface area contributed by atoms with Gasteiger partial charge in [0.25, 0.3) is 0 Å². The van der Waals surface area contributed by atoms with E-state index in [-0.39, 0.29) is 12.1 Å². The molecule has 128 valence electrons. The number of benzene rings is 1. The van der Waals surface area contributed by atoms with Gasteiger partial charge in [-0.2, -0.15) is 5.10 Å². The predicted molar refractivity (Wildman–Crippen MR) is 92.8 cm³/mol. The van der Waals surface area contributed by atoms with Crippen LogP contribution in [-0.4, -0.2) is 30.8 Å². The Morgan fingerprint density at radius 1 is 1.42 bits per heavy atom. The first-order valence-electron chi connectivity index (χ1n) is 7.50. The van der Waals surface area contributed by atoms with Gasteiger partial charge in [0, 0.05) is 35.8 Å². The van der Waals surface area contributed by atoms with Crippen molar-refractivity contribution in [3.8, 4) is 0 Å². The lowest BCUT2D eigenvalue weighted by atomic mass is 10.1.